The number of nitro benzene ring substituents is 1. The fourth-order valence-electron chi connectivity index (χ4n) is 2.58. The topological polar surface area (TPSA) is 55.6 Å². The Hall–Kier alpha value is -1.33. The molecule has 1 aliphatic rings. The highest BCUT2D eigenvalue weighted by Crippen LogP contribution is 2.35. The zero-order chi connectivity index (χ0) is 14.2. The number of nitrogens with zero attached hydrogens (tertiary/aromatic N) is 2. The highest BCUT2D eigenvalue weighted by Gasteiger charge is 2.26. The van der Waals surface area contributed by atoms with Gasteiger partial charge in [0.1, 0.15) is 0 Å². The fourth-order valence-corrected chi connectivity index (χ4v) is 2.97. The number of rotatable bonds is 2. The lowest BCUT2D eigenvalue weighted by Crippen LogP contribution is -2.45. The molecule has 1 fully saturated rings. The van der Waals surface area contributed by atoms with Gasteiger partial charge in [-0.3, -0.25) is 10.1 Å². The first-order chi connectivity index (χ1) is 8.88. The standard InChI is InChI=1S/C13H17ClN2O3/c1-8-4-11(16(17)18)5-12(14)13(8)15-6-9(2)19-10(3)7-15/h4-5,9-10H,6-7H2,1-3H3. The first-order valence-electron chi connectivity index (χ1n) is 6.23. The van der Waals surface area contributed by atoms with Gasteiger partial charge in [-0.25, -0.2) is 0 Å². The summed E-state index contributed by atoms with van der Waals surface area (Å²) in [5, 5.41) is 11.2. The van der Waals surface area contributed by atoms with Crippen molar-refractivity contribution in [3.05, 3.63) is 32.8 Å². The Balaban J connectivity index is 2.37. The van der Waals surface area contributed by atoms with Crippen molar-refractivity contribution >= 4 is 23.0 Å². The van der Waals surface area contributed by atoms with Crippen LogP contribution in [-0.2, 0) is 4.74 Å². The lowest BCUT2D eigenvalue weighted by Gasteiger charge is -2.37. The van der Waals surface area contributed by atoms with Crippen LogP contribution < -0.4 is 4.90 Å². The minimum absolute atomic E-state index is 0.0283. The number of anilines is 1. The molecule has 0 amide bonds. The van der Waals surface area contributed by atoms with Crippen LogP contribution in [0.1, 0.15) is 19.4 Å². The van der Waals surface area contributed by atoms with Gasteiger partial charge in [-0.2, -0.15) is 0 Å². The number of hydrogen-bond acceptors (Lipinski definition) is 4. The average molecular weight is 285 g/mol. The van der Waals surface area contributed by atoms with Gasteiger partial charge < -0.3 is 9.64 Å². The maximum Gasteiger partial charge on any atom is 0.271 e. The number of benzene rings is 1. The van der Waals surface area contributed by atoms with Crippen LogP contribution in [0, 0.1) is 17.0 Å². The third-order valence-electron chi connectivity index (χ3n) is 3.19. The Morgan fingerprint density at radius 2 is 1.95 bits per heavy atom. The van der Waals surface area contributed by atoms with Gasteiger partial charge in [-0.15, -0.1) is 0 Å². The van der Waals surface area contributed by atoms with E-state index in [4.69, 9.17) is 16.3 Å². The Bertz CT molecular complexity index is 474. The molecule has 2 atom stereocenters. The predicted molar refractivity (Wildman–Crippen MR) is 75.1 cm³/mol. The molecule has 0 saturated carbocycles. The van der Waals surface area contributed by atoms with E-state index in [1.807, 2.05) is 20.8 Å². The summed E-state index contributed by atoms with van der Waals surface area (Å²) >= 11 is 6.22. The number of morpholine rings is 1. The van der Waals surface area contributed by atoms with Crippen LogP contribution in [0.3, 0.4) is 0 Å². The summed E-state index contributed by atoms with van der Waals surface area (Å²) in [6.45, 7) is 7.35. The van der Waals surface area contributed by atoms with E-state index in [1.165, 1.54) is 6.07 Å². The molecule has 1 aromatic carbocycles. The van der Waals surface area contributed by atoms with Crippen molar-refractivity contribution < 1.29 is 9.66 Å². The van der Waals surface area contributed by atoms with Crippen LogP contribution in [-0.4, -0.2) is 30.2 Å². The molecule has 19 heavy (non-hydrogen) atoms. The first-order valence-corrected chi connectivity index (χ1v) is 6.61. The number of nitro groups is 1. The van der Waals surface area contributed by atoms with Crippen molar-refractivity contribution in [2.24, 2.45) is 0 Å². The van der Waals surface area contributed by atoms with Crippen LogP contribution in [0.25, 0.3) is 0 Å². The zero-order valence-corrected chi connectivity index (χ0v) is 12.0. The van der Waals surface area contributed by atoms with Crippen LogP contribution in [0.15, 0.2) is 12.1 Å². The molecule has 104 valence electrons. The average Bonchev–Trinajstić information content (AvgIpc) is 2.26. The van der Waals surface area contributed by atoms with Gasteiger partial charge in [0.05, 0.1) is 27.8 Å². The van der Waals surface area contributed by atoms with Gasteiger partial charge in [0.2, 0.25) is 0 Å². The molecule has 2 unspecified atom stereocenters. The van der Waals surface area contributed by atoms with E-state index in [0.717, 1.165) is 24.3 Å². The molecule has 0 aromatic heterocycles. The second-order valence-corrected chi connectivity index (χ2v) is 5.42. The molecule has 2 rings (SSSR count). The summed E-state index contributed by atoms with van der Waals surface area (Å²) in [7, 11) is 0. The minimum atomic E-state index is -0.423. The van der Waals surface area contributed by atoms with Gasteiger partial charge in [-0.1, -0.05) is 11.6 Å². The van der Waals surface area contributed by atoms with Gasteiger partial charge >= 0.3 is 0 Å². The van der Waals surface area contributed by atoms with E-state index in [2.05, 4.69) is 4.90 Å². The van der Waals surface area contributed by atoms with E-state index in [0.29, 0.717) is 5.02 Å². The van der Waals surface area contributed by atoms with Crippen molar-refractivity contribution in [3.63, 3.8) is 0 Å². The molecule has 5 nitrogen and oxygen atoms in total. The normalized spacial score (nSPS) is 23.5. The summed E-state index contributed by atoms with van der Waals surface area (Å²) in [6, 6.07) is 2.97. The molecule has 1 saturated heterocycles. The Kier molecular flexibility index (Phi) is 3.96. The summed E-state index contributed by atoms with van der Waals surface area (Å²) in [5.74, 6) is 0. The lowest BCUT2D eigenvalue weighted by molar-refractivity contribution is -0.384. The van der Waals surface area contributed by atoms with E-state index in [-0.39, 0.29) is 17.9 Å². The summed E-state index contributed by atoms with van der Waals surface area (Å²) in [6.07, 6.45) is 0.240. The summed E-state index contributed by atoms with van der Waals surface area (Å²) in [4.78, 5) is 12.5. The Labute approximate surface area is 117 Å². The molecule has 0 spiro atoms. The molecule has 0 bridgehead atoms. The predicted octanol–water partition coefficient (Wildman–Crippen LogP) is 3.17. The smallest absolute Gasteiger partial charge is 0.271 e. The third kappa shape index (κ3) is 2.98. The molecular formula is C13H17ClN2O3. The van der Waals surface area contributed by atoms with Crippen molar-refractivity contribution in [1.29, 1.82) is 0 Å². The molecule has 0 radical (unpaired) electrons. The second kappa shape index (κ2) is 5.35. The number of halogens is 1. The van der Waals surface area contributed by atoms with E-state index >= 15 is 0 Å². The third-order valence-corrected chi connectivity index (χ3v) is 3.47. The van der Waals surface area contributed by atoms with Crippen molar-refractivity contribution in [2.75, 3.05) is 18.0 Å². The fraction of sp³-hybridized carbons (Fsp3) is 0.538. The van der Waals surface area contributed by atoms with E-state index in [1.54, 1.807) is 6.07 Å². The van der Waals surface area contributed by atoms with E-state index < -0.39 is 4.92 Å². The molecule has 1 aromatic rings. The number of hydrogen-bond donors (Lipinski definition) is 0. The number of aryl methyl sites for hydroxylation is 1. The van der Waals surface area contributed by atoms with Crippen LogP contribution >= 0.6 is 11.6 Å². The Morgan fingerprint density at radius 1 is 1.37 bits per heavy atom. The zero-order valence-electron chi connectivity index (χ0n) is 11.2. The lowest BCUT2D eigenvalue weighted by atomic mass is 10.1. The highest BCUT2D eigenvalue weighted by molar-refractivity contribution is 6.33. The van der Waals surface area contributed by atoms with Crippen LogP contribution in [0.2, 0.25) is 5.02 Å². The summed E-state index contributed by atoms with van der Waals surface area (Å²) in [5.41, 5.74) is 1.72. The highest BCUT2D eigenvalue weighted by atomic mass is 35.5. The van der Waals surface area contributed by atoms with Gasteiger partial charge in [0.15, 0.2) is 0 Å². The summed E-state index contributed by atoms with van der Waals surface area (Å²) < 4.78 is 5.69. The largest absolute Gasteiger partial charge is 0.372 e. The maximum absolute atomic E-state index is 10.8. The van der Waals surface area contributed by atoms with Gasteiger partial charge in [-0.05, 0) is 26.3 Å². The molecule has 1 aliphatic heterocycles. The first kappa shape index (κ1) is 14.1. The monoisotopic (exact) mass is 284 g/mol. The molecule has 6 heteroatoms. The quantitative estimate of drug-likeness (QED) is 0.618. The minimum Gasteiger partial charge on any atom is -0.372 e. The van der Waals surface area contributed by atoms with Crippen LogP contribution in [0.5, 0.6) is 0 Å². The van der Waals surface area contributed by atoms with Crippen molar-refractivity contribution in [3.8, 4) is 0 Å². The Morgan fingerprint density at radius 3 is 2.42 bits per heavy atom. The molecule has 0 N–H and O–H groups in total. The van der Waals surface area contributed by atoms with Crippen molar-refractivity contribution in [2.45, 2.75) is 33.0 Å². The molecule has 1 heterocycles. The van der Waals surface area contributed by atoms with E-state index in [9.17, 15) is 10.1 Å². The van der Waals surface area contributed by atoms with Gasteiger partial charge in [0.25, 0.3) is 5.69 Å². The second-order valence-electron chi connectivity index (χ2n) is 5.01. The molecule has 0 aliphatic carbocycles. The number of non-ortho nitro benzene ring substituents is 1. The maximum atomic E-state index is 10.8. The van der Waals surface area contributed by atoms with Crippen LogP contribution in [0.4, 0.5) is 11.4 Å². The molecular weight excluding hydrogens is 268 g/mol. The SMILES string of the molecule is Cc1cc([N+](=O)[O-])cc(Cl)c1N1CC(C)OC(C)C1. The van der Waals surface area contributed by atoms with Gasteiger partial charge in [0, 0.05) is 25.2 Å². The van der Waals surface area contributed by atoms with Crippen molar-refractivity contribution in [1.82, 2.24) is 0 Å². The number of ether oxygens (including phenoxy) is 1.